The number of aliphatic carboxylic acids is 1. The van der Waals surface area contributed by atoms with Crippen LogP contribution in [0.4, 0.5) is 8.78 Å². The highest BCUT2D eigenvalue weighted by Gasteiger charge is 2.14. The maximum absolute atomic E-state index is 13.8. The summed E-state index contributed by atoms with van der Waals surface area (Å²) in [4.78, 5) is 10.7. The van der Waals surface area contributed by atoms with Crippen LogP contribution < -0.4 is 5.73 Å². The summed E-state index contributed by atoms with van der Waals surface area (Å²) in [5, 5.41) is 8.79. The Hall–Kier alpha value is -2.27. The molecule has 0 aliphatic heterocycles. The third kappa shape index (κ3) is 3.64. The summed E-state index contributed by atoms with van der Waals surface area (Å²) in [5.41, 5.74) is 8.07. The lowest BCUT2D eigenvalue weighted by Crippen LogP contribution is -2.15. The van der Waals surface area contributed by atoms with Crippen molar-refractivity contribution in [2.45, 2.75) is 19.4 Å². The summed E-state index contributed by atoms with van der Waals surface area (Å²) in [6.45, 7) is 1.81. The molecule has 0 spiro atoms. The average molecular weight is 291 g/mol. The normalized spacial score (nSPS) is 12.2. The molecule has 2 aromatic rings. The van der Waals surface area contributed by atoms with Gasteiger partial charge in [0.25, 0.3) is 0 Å². The SMILES string of the molecule is Cc1cc(-c2ccc(F)cc2F)cc(C(N)CC(=O)O)c1. The smallest absolute Gasteiger partial charge is 0.305 e. The molecule has 110 valence electrons. The predicted octanol–water partition coefficient (Wildman–Crippen LogP) is 3.41. The van der Waals surface area contributed by atoms with Gasteiger partial charge in [0.1, 0.15) is 11.6 Å². The molecule has 21 heavy (non-hydrogen) atoms. The summed E-state index contributed by atoms with van der Waals surface area (Å²) < 4.78 is 26.8. The van der Waals surface area contributed by atoms with E-state index < -0.39 is 23.6 Å². The van der Waals surface area contributed by atoms with Crippen LogP contribution in [0.5, 0.6) is 0 Å². The summed E-state index contributed by atoms with van der Waals surface area (Å²) in [6, 6.07) is 7.81. The van der Waals surface area contributed by atoms with Gasteiger partial charge in [-0.3, -0.25) is 4.79 Å². The second-order valence-electron chi connectivity index (χ2n) is 4.96. The van der Waals surface area contributed by atoms with Crippen LogP contribution in [-0.4, -0.2) is 11.1 Å². The Morgan fingerprint density at radius 2 is 1.95 bits per heavy atom. The van der Waals surface area contributed by atoms with Gasteiger partial charge in [-0.1, -0.05) is 17.7 Å². The van der Waals surface area contributed by atoms with Crippen molar-refractivity contribution in [3.05, 3.63) is 59.2 Å². The average Bonchev–Trinajstić information content (AvgIpc) is 2.37. The van der Waals surface area contributed by atoms with Crippen molar-refractivity contribution in [2.24, 2.45) is 5.73 Å². The molecular formula is C16H15F2NO2. The molecular weight excluding hydrogens is 276 g/mol. The summed E-state index contributed by atoms with van der Waals surface area (Å²) in [6.07, 6.45) is -0.213. The van der Waals surface area contributed by atoms with Crippen molar-refractivity contribution in [1.82, 2.24) is 0 Å². The van der Waals surface area contributed by atoms with Gasteiger partial charge in [-0.25, -0.2) is 8.78 Å². The third-order valence-electron chi connectivity index (χ3n) is 3.16. The van der Waals surface area contributed by atoms with Crippen LogP contribution in [0.3, 0.4) is 0 Å². The second-order valence-corrected chi connectivity index (χ2v) is 4.96. The summed E-state index contributed by atoms with van der Waals surface area (Å²) in [5.74, 6) is -2.32. The molecule has 1 atom stereocenters. The maximum Gasteiger partial charge on any atom is 0.305 e. The first-order chi connectivity index (χ1) is 9.86. The van der Waals surface area contributed by atoms with E-state index in [0.717, 1.165) is 11.6 Å². The minimum Gasteiger partial charge on any atom is -0.481 e. The first kappa shape index (κ1) is 15.1. The molecule has 0 amide bonds. The second kappa shape index (κ2) is 6.01. The molecule has 0 fully saturated rings. The summed E-state index contributed by atoms with van der Waals surface area (Å²) in [7, 11) is 0. The molecule has 0 saturated carbocycles. The van der Waals surface area contributed by atoms with Crippen LogP contribution in [0.2, 0.25) is 0 Å². The fraction of sp³-hybridized carbons (Fsp3) is 0.188. The highest BCUT2D eigenvalue weighted by Crippen LogP contribution is 2.28. The number of rotatable bonds is 4. The Balaban J connectivity index is 2.45. The highest BCUT2D eigenvalue weighted by molar-refractivity contribution is 5.69. The van der Waals surface area contributed by atoms with Gasteiger partial charge in [0.15, 0.2) is 0 Å². The Bertz CT molecular complexity index is 686. The molecule has 2 rings (SSSR count). The van der Waals surface area contributed by atoms with Gasteiger partial charge in [-0.15, -0.1) is 0 Å². The Kier molecular flexibility index (Phi) is 4.33. The molecule has 0 saturated heterocycles. The van der Waals surface area contributed by atoms with E-state index in [1.807, 2.05) is 6.92 Å². The van der Waals surface area contributed by atoms with Gasteiger partial charge in [-0.2, -0.15) is 0 Å². The number of benzene rings is 2. The molecule has 5 heteroatoms. The number of carboxylic acids is 1. The molecule has 0 aliphatic rings. The van der Waals surface area contributed by atoms with E-state index in [-0.39, 0.29) is 12.0 Å². The molecule has 0 aliphatic carbocycles. The fourth-order valence-electron chi connectivity index (χ4n) is 2.21. The number of hydrogen-bond acceptors (Lipinski definition) is 2. The van der Waals surface area contributed by atoms with E-state index in [9.17, 15) is 13.6 Å². The lowest BCUT2D eigenvalue weighted by molar-refractivity contribution is -0.137. The van der Waals surface area contributed by atoms with E-state index in [1.54, 1.807) is 18.2 Å². The lowest BCUT2D eigenvalue weighted by atomic mass is 9.95. The topological polar surface area (TPSA) is 63.3 Å². The third-order valence-corrected chi connectivity index (χ3v) is 3.16. The van der Waals surface area contributed by atoms with Gasteiger partial charge in [-0.05, 0) is 36.2 Å². The van der Waals surface area contributed by atoms with Crippen molar-refractivity contribution >= 4 is 5.97 Å². The summed E-state index contributed by atoms with van der Waals surface area (Å²) >= 11 is 0. The van der Waals surface area contributed by atoms with Crippen molar-refractivity contribution in [3.63, 3.8) is 0 Å². The predicted molar refractivity (Wildman–Crippen MR) is 75.7 cm³/mol. The van der Waals surface area contributed by atoms with Gasteiger partial charge in [0.05, 0.1) is 6.42 Å². The van der Waals surface area contributed by atoms with Crippen molar-refractivity contribution in [1.29, 1.82) is 0 Å². The minimum absolute atomic E-state index is 0.213. The van der Waals surface area contributed by atoms with E-state index >= 15 is 0 Å². The van der Waals surface area contributed by atoms with E-state index in [4.69, 9.17) is 10.8 Å². The monoisotopic (exact) mass is 291 g/mol. The molecule has 3 N–H and O–H groups in total. The van der Waals surface area contributed by atoms with Crippen LogP contribution in [0.15, 0.2) is 36.4 Å². The minimum atomic E-state index is -1.00. The number of halogens is 2. The van der Waals surface area contributed by atoms with Crippen molar-refractivity contribution in [3.8, 4) is 11.1 Å². The number of nitrogens with two attached hydrogens (primary N) is 1. The van der Waals surface area contributed by atoms with Crippen LogP contribution in [0, 0.1) is 18.6 Å². The van der Waals surface area contributed by atoms with Crippen LogP contribution in [-0.2, 0) is 4.79 Å². The molecule has 1 unspecified atom stereocenters. The van der Waals surface area contributed by atoms with Gasteiger partial charge >= 0.3 is 5.97 Å². The van der Waals surface area contributed by atoms with E-state index in [0.29, 0.717) is 11.1 Å². The van der Waals surface area contributed by atoms with Crippen LogP contribution in [0.1, 0.15) is 23.6 Å². The van der Waals surface area contributed by atoms with Crippen molar-refractivity contribution < 1.29 is 18.7 Å². The fourth-order valence-corrected chi connectivity index (χ4v) is 2.21. The number of carboxylic acid groups (broad SMARTS) is 1. The Morgan fingerprint density at radius 1 is 1.24 bits per heavy atom. The standard InChI is InChI=1S/C16H15F2NO2/c1-9-4-10(13-3-2-12(17)7-14(13)18)6-11(5-9)15(19)8-16(20)21/h2-7,15H,8,19H2,1H3,(H,20,21). The first-order valence-electron chi connectivity index (χ1n) is 6.41. The molecule has 0 aromatic heterocycles. The molecule has 0 bridgehead atoms. The number of aryl methyl sites for hydroxylation is 1. The molecule has 0 heterocycles. The van der Waals surface area contributed by atoms with Crippen molar-refractivity contribution in [2.75, 3.05) is 0 Å². The first-order valence-corrected chi connectivity index (χ1v) is 6.41. The highest BCUT2D eigenvalue weighted by atomic mass is 19.1. The lowest BCUT2D eigenvalue weighted by Gasteiger charge is -2.13. The maximum atomic E-state index is 13.8. The number of hydrogen-bond donors (Lipinski definition) is 2. The molecule has 0 radical (unpaired) electrons. The van der Waals surface area contributed by atoms with Crippen LogP contribution in [0.25, 0.3) is 11.1 Å². The quantitative estimate of drug-likeness (QED) is 0.907. The van der Waals surface area contributed by atoms with E-state index in [1.165, 1.54) is 12.1 Å². The number of carbonyl (C=O) groups is 1. The largest absolute Gasteiger partial charge is 0.481 e. The van der Waals surface area contributed by atoms with E-state index in [2.05, 4.69) is 0 Å². The van der Waals surface area contributed by atoms with Gasteiger partial charge in [0.2, 0.25) is 0 Å². The van der Waals surface area contributed by atoms with Gasteiger partial charge in [0, 0.05) is 17.7 Å². The zero-order valence-corrected chi connectivity index (χ0v) is 11.4. The molecule has 3 nitrogen and oxygen atoms in total. The zero-order valence-electron chi connectivity index (χ0n) is 11.4. The Morgan fingerprint density at radius 3 is 2.57 bits per heavy atom. The molecule has 2 aromatic carbocycles. The van der Waals surface area contributed by atoms with Crippen LogP contribution >= 0.6 is 0 Å². The van der Waals surface area contributed by atoms with Gasteiger partial charge < -0.3 is 10.8 Å². The zero-order chi connectivity index (χ0) is 15.6. The Labute approximate surface area is 121 Å².